The minimum Gasteiger partial charge on any atom is -0.380 e. The number of hydrogen-bond acceptors (Lipinski definition) is 6. The molecule has 1 amide bonds. The maximum Gasteiger partial charge on any atom is 0.253 e. The normalized spacial score (nSPS) is 15.3. The number of aromatic nitrogens is 3. The van der Waals surface area contributed by atoms with Crippen LogP contribution in [0.4, 0.5) is 16.0 Å². The summed E-state index contributed by atoms with van der Waals surface area (Å²) in [5.74, 6) is 0.283. The summed E-state index contributed by atoms with van der Waals surface area (Å²) in [5, 5.41) is 7.90. The van der Waals surface area contributed by atoms with Gasteiger partial charge in [0.15, 0.2) is 5.65 Å². The molecule has 0 atom stereocenters. The molecule has 4 heterocycles. The number of amides is 1. The molecule has 8 nitrogen and oxygen atoms in total. The molecule has 0 radical (unpaired) electrons. The highest BCUT2D eigenvalue weighted by Crippen LogP contribution is 2.38. The van der Waals surface area contributed by atoms with E-state index in [1.807, 2.05) is 72.6 Å². The van der Waals surface area contributed by atoms with Gasteiger partial charge in [-0.3, -0.25) is 9.59 Å². The van der Waals surface area contributed by atoms with Crippen molar-refractivity contribution in [1.29, 1.82) is 0 Å². The Balaban J connectivity index is 0.995. The Hall–Kier alpha value is -4.89. The van der Waals surface area contributed by atoms with Gasteiger partial charge in [-0.1, -0.05) is 36.4 Å². The second-order valence-electron chi connectivity index (χ2n) is 11.7. The fourth-order valence-electron chi connectivity index (χ4n) is 5.76. The van der Waals surface area contributed by atoms with Crippen LogP contribution in [0.2, 0.25) is 0 Å². The number of nitrogens with zero attached hydrogens (tertiary/aromatic N) is 4. The zero-order valence-corrected chi connectivity index (χ0v) is 23.7. The van der Waals surface area contributed by atoms with Crippen molar-refractivity contribution in [3.05, 3.63) is 113 Å². The van der Waals surface area contributed by atoms with E-state index < -0.39 is 0 Å². The first-order valence-electron chi connectivity index (χ1n) is 14.3. The number of carbonyl (C=O) groups is 2. The molecule has 0 saturated carbocycles. The zero-order chi connectivity index (χ0) is 29.6. The predicted octanol–water partition coefficient (Wildman–Crippen LogP) is 5.41. The molecule has 216 valence electrons. The lowest BCUT2D eigenvalue weighted by Crippen LogP contribution is -2.67. The lowest BCUT2D eigenvalue weighted by atomic mass is 9.78. The number of anilines is 2. The Kier molecular flexibility index (Phi) is 6.74. The van der Waals surface area contributed by atoms with Crippen LogP contribution in [0.15, 0.2) is 85.1 Å². The average Bonchev–Trinajstić information content (AvgIpc) is 3.36. The first kappa shape index (κ1) is 27.0. The lowest BCUT2D eigenvalue weighted by molar-refractivity contribution is -0.176. The number of aryl methyl sites for hydroxylation is 1. The van der Waals surface area contributed by atoms with Crippen LogP contribution < -0.4 is 5.32 Å². The number of pyridine rings is 1. The molecular weight excluding hydrogens is 545 g/mol. The van der Waals surface area contributed by atoms with Crippen LogP contribution in [0, 0.1) is 18.2 Å². The standard InChI is InChI=1S/C34H30FN5O3/c1-22-14-26(32(42)39-18-34(19-39)20-43-21-34)8-12-30(22)36-33-37-31-13-9-27(17-40(31)38-33)25-6-2-23(3-7-25)15-29(41)16-24-4-10-28(35)11-5-24/h2-14,17H,15-16,18-21H2,1H3,(H,36,38). The van der Waals surface area contributed by atoms with Crippen LogP contribution in [0.25, 0.3) is 16.8 Å². The second kappa shape index (κ2) is 10.7. The molecule has 2 fully saturated rings. The molecule has 3 aromatic carbocycles. The van der Waals surface area contributed by atoms with Gasteiger partial charge < -0.3 is 15.0 Å². The van der Waals surface area contributed by atoms with Crippen LogP contribution in [0.3, 0.4) is 0 Å². The molecule has 0 aliphatic carbocycles. The average molecular weight is 576 g/mol. The van der Waals surface area contributed by atoms with E-state index in [2.05, 4.69) is 15.4 Å². The number of nitrogens with one attached hydrogen (secondary N) is 1. The van der Waals surface area contributed by atoms with E-state index in [0.29, 0.717) is 23.6 Å². The van der Waals surface area contributed by atoms with Gasteiger partial charge in [-0.25, -0.2) is 8.91 Å². The molecule has 0 bridgehead atoms. The summed E-state index contributed by atoms with van der Waals surface area (Å²) >= 11 is 0. The van der Waals surface area contributed by atoms with Crippen LogP contribution in [-0.2, 0) is 22.4 Å². The summed E-state index contributed by atoms with van der Waals surface area (Å²) in [4.78, 5) is 31.9. The fourth-order valence-corrected chi connectivity index (χ4v) is 5.76. The largest absolute Gasteiger partial charge is 0.380 e. The van der Waals surface area contributed by atoms with Gasteiger partial charge in [0.1, 0.15) is 11.6 Å². The third-order valence-electron chi connectivity index (χ3n) is 8.21. The monoisotopic (exact) mass is 575 g/mol. The highest BCUT2D eigenvalue weighted by Gasteiger charge is 2.50. The van der Waals surface area contributed by atoms with Crippen LogP contribution in [0.5, 0.6) is 0 Å². The van der Waals surface area contributed by atoms with Crippen molar-refractivity contribution < 1.29 is 18.7 Å². The summed E-state index contributed by atoms with van der Waals surface area (Å²) in [6.45, 7) is 5.00. The first-order chi connectivity index (χ1) is 20.8. The molecule has 7 rings (SSSR count). The predicted molar refractivity (Wildman–Crippen MR) is 161 cm³/mol. The van der Waals surface area contributed by atoms with Gasteiger partial charge in [0.2, 0.25) is 5.95 Å². The van der Waals surface area contributed by atoms with Gasteiger partial charge in [0, 0.05) is 48.9 Å². The van der Waals surface area contributed by atoms with E-state index >= 15 is 0 Å². The van der Waals surface area contributed by atoms with Crippen molar-refractivity contribution in [3.8, 4) is 11.1 Å². The van der Waals surface area contributed by atoms with Crippen LogP contribution >= 0.6 is 0 Å². The Morgan fingerprint density at radius 1 is 0.907 bits per heavy atom. The molecule has 2 aliphatic heterocycles. The number of rotatable bonds is 8. The summed E-state index contributed by atoms with van der Waals surface area (Å²) in [7, 11) is 0. The highest BCUT2D eigenvalue weighted by atomic mass is 19.1. The minimum absolute atomic E-state index is 0.0511. The zero-order valence-electron chi connectivity index (χ0n) is 23.7. The molecule has 2 aromatic heterocycles. The molecule has 2 aliphatic rings. The number of Topliss-reactive ketones (excluding diaryl/α,β-unsaturated/α-hetero) is 1. The third-order valence-corrected chi connectivity index (χ3v) is 8.21. The minimum atomic E-state index is -0.307. The Morgan fingerprint density at radius 3 is 2.23 bits per heavy atom. The summed E-state index contributed by atoms with van der Waals surface area (Å²) in [6, 6.07) is 23.5. The number of benzene rings is 3. The number of likely N-dealkylation sites (tertiary alicyclic amines) is 1. The Labute approximate surface area is 248 Å². The summed E-state index contributed by atoms with van der Waals surface area (Å²) in [5.41, 5.74) is 7.03. The van der Waals surface area contributed by atoms with Gasteiger partial charge in [0.05, 0.1) is 18.6 Å². The SMILES string of the molecule is Cc1cc(C(=O)N2CC3(COC3)C2)ccc1Nc1nc2ccc(-c3ccc(CC(=O)Cc4ccc(F)cc4)cc3)cn2n1. The van der Waals surface area contributed by atoms with E-state index in [1.54, 1.807) is 16.6 Å². The van der Waals surface area contributed by atoms with E-state index in [-0.39, 0.29) is 29.3 Å². The van der Waals surface area contributed by atoms with Crippen LogP contribution in [-0.4, -0.2) is 57.5 Å². The third kappa shape index (κ3) is 5.51. The van der Waals surface area contributed by atoms with Crippen molar-refractivity contribution >= 4 is 29.0 Å². The number of fused-ring (bicyclic) bond motifs is 1. The maximum atomic E-state index is 13.1. The number of carbonyl (C=O) groups excluding carboxylic acids is 2. The first-order valence-corrected chi connectivity index (χ1v) is 14.3. The lowest BCUT2D eigenvalue weighted by Gasteiger charge is -2.54. The molecule has 5 aromatic rings. The maximum absolute atomic E-state index is 13.1. The molecule has 0 unspecified atom stereocenters. The van der Waals surface area contributed by atoms with Gasteiger partial charge in [0.25, 0.3) is 5.91 Å². The molecule has 9 heteroatoms. The number of ketones is 1. The number of hydrogen-bond donors (Lipinski definition) is 1. The van der Waals surface area contributed by atoms with Gasteiger partial charge >= 0.3 is 0 Å². The van der Waals surface area contributed by atoms with Gasteiger partial charge in [-0.2, -0.15) is 4.98 Å². The number of ether oxygens (including phenoxy) is 1. The topological polar surface area (TPSA) is 88.8 Å². The van der Waals surface area contributed by atoms with Crippen molar-refractivity contribution in [1.82, 2.24) is 19.5 Å². The quantitative estimate of drug-likeness (QED) is 0.266. The second-order valence-corrected chi connectivity index (χ2v) is 11.7. The molecule has 1 N–H and O–H groups in total. The van der Waals surface area contributed by atoms with Crippen molar-refractivity contribution in [3.63, 3.8) is 0 Å². The number of halogens is 1. The Morgan fingerprint density at radius 2 is 1.58 bits per heavy atom. The molecular formula is C34H30FN5O3. The summed E-state index contributed by atoms with van der Waals surface area (Å²) in [6.07, 6.45) is 2.51. The van der Waals surface area contributed by atoms with Gasteiger partial charge in [-0.05, 0) is 71.6 Å². The van der Waals surface area contributed by atoms with Crippen molar-refractivity contribution in [2.24, 2.45) is 5.41 Å². The molecule has 2 saturated heterocycles. The van der Waals surface area contributed by atoms with E-state index in [0.717, 1.165) is 59.8 Å². The smallest absolute Gasteiger partial charge is 0.253 e. The fraction of sp³-hybridized carbons (Fsp3) is 0.235. The van der Waals surface area contributed by atoms with E-state index in [9.17, 15) is 14.0 Å². The van der Waals surface area contributed by atoms with Crippen molar-refractivity contribution in [2.75, 3.05) is 31.6 Å². The highest BCUT2D eigenvalue weighted by molar-refractivity contribution is 5.95. The van der Waals surface area contributed by atoms with Crippen molar-refractivity contribution in [2.45, 2.75) is 19.8 Å². The molecule has 1 spiro atoms. The van der Waals surface area contributed by atoms with Crippen LogP contribution in [0.1, 0.15) is 27.0 Å². The Bertz CT molecular complexity index is 1840. The summed E-state index contributed by atoms with van der Waals surface area (Å²) < 4.78 is 20.2. The molecule has 43 heavy (non-hydrogen) atoms. The van der Waals surface area contributed by atoms with E-state index in [1.165, 1.54) is 12.1 Å². The van der Waals surface area contributed by atoms with E-state index in [4.69, 9.17) is 4.74 Å². The van der Waals surface area contributed by atoms with Gasteiger partial charge in [-0.15, -0.1) is 5.10 Å².